The van der Waals surface area contributed by atoms with Gasteiger partial charge in [-0.15, -0.1) is 0 Å². The average Bonchev–Trinajstić information content (AvgIpc) is 2.93. The first-order valence-corrected chi connectivity index (χ1v) is 9.37. The van der Waals surface area contributed by atoms with Crippen LogP contribution in [0.15, 0.2) is 53.4 Å². The number of aromatic amines is 1. The molecule has 4 rings (SSSR count). The number of H-pyrrole nitrogens is 1. The van der Waals surface area contributed by atoms with Crippen molar-refractivity contribution in [3.63, 3.8) is 0 Å². The Bertz CT molecular complexity index is 994. The van der Waals surface area contributed by atoms with E-state index in [1.165, 1.54) is 23.4 Å². The van der Waals surface area contributed by atoms with Gasteiger partial charge in [0.2, 0.25) is 10.0 Å². The van der Waals surface area contributed by atoms with Crippen LogP contribution in [0.2, 0.25) is 0 Å². The molecule has 0 unspecified atom stereocenters. The summed E-state index contributed by atoms with van der Waals surface area (Å²) in [4.78, 5) is 3.51. The molecule has 1 aliphatic carbocycles. The molecule has 1 aliphatic rings. The third kappa shape index (κ3) is 2.72. The quantitative estimate of drug-likeness (QED) is 0.757. The highest BCUT2D eigenvalue weighted by atomic mass is 32.2. The highest BCUT2D eigenvalue weighted by molar-refractivity contribution is 7.89. The molecule has 6 heteroatoms. The maximum Gasteiger partial charge on any atom is 0.240 e. The van der Waals surface area contributed by atoms with Crippen LogP contribution in [-0.2, 0) is 22.9 Å². The first-order chi connectivity index (χ1) is 11.5. The van der Waals surface area contributed by atoms with Gasteiger partial charge in [-0.1, -0.05) is 18.2 Å². The number of para-hydroxylation sites is 1. The van der Waals surface area contributed by atoms with Gasteiger partial charge in [0.25, 0.3) is 0 Å². The Morgan fingerprint density at radius 1 is 1.21 bits per heavy atom. The van der Waals surface area contributed by atoms with Crippen molar-refractivity contribution in [2.75, 3.05) is 0 Å². The summed E-state index contributed by atoms with van der Waals surface area (Å²) < 4.78 is 40.7. The molecule has 0 saturated heterocycles. The molecule has 3 aromatic rings. The Hall–Kier alpha value is -2.18. The molecule has 0 bridgehead atoms. The topological polar surface area (TPSA) is 62.0 Å². The summed E-state index contributed by atoms with van der Waals surface area (Å²) in [5.74, 6) is -0.449. The highest BCUT2D eigenvalue weighted by Crippen LogP contribution is 2.29. The first kappa shape index (κ1) is 15.4. The Balaban J connectivity index is 1.59. The van der Waals surface area contributed by atoms with Crippen molar-refractivity contribution >= 4 is 20.9 Å². The molecule has 1 atom stereocenters. The summed E-state index contributed by atoms with van der Waals surface area (Å²) in [5, 5.41) is 1.15. The minimum Gasteiger partial charge on any atom is -0.358 e. The summed E-state index contributed by atoms with van der Waals surface area (Å²) in [5.41, 5.74) is 3.46. The lowest BCUT2D eigenvalue weighted by atomic mass is 9.97. The van der Waals surface area contributed by atoms with Gasteiger partial charge >= 0.3 is 0 Å². The van der Waals surface area contributed by atoms with E-state index in [-0.39, 0.29) is 10.9 Å². The van der Waals surface area contributed by atoms with Gasteiger partial charge in [0, 0.05) is 22.6 Å². The zero-order chi connectivity index (χ0) is 16.7. The van der Waals surface area contributed by atoms with Crippen LogP contribution in [0.4, 0.5) is 4.39 Å². The molecule has 2 aromatic carbocycles. The zero-order valence-electron chi connectivity index (χ0n) is 12.9. The number of hydrogen-bond acceptors (Lipinski definition) is 2. The van der Waals surface area contributed by atoms with Gasteiger partial charge < -0.3 is 4.98 Å². The molecule has 2 N–H and O–H groups in total. The Morgan fingerprint density at radius 2 is 1.96 bits per heavy atom. The molecule has 0 spiro atoms. The van der Waals surface area contributed by atoms with Gasteiger partial charge in [-0.25, -0.2) is 17.5 Å². The predicted molar refractivity (Wildman–Crippen MR) is 90.8 cm³/mol. The second-order valence-electron chi connectivity index (χ2n) is 6.14. The normalized spacial score (nSPS) is 17.8. The molecular weight excluding hydrogens is 339 g/mol. The highest BCUT2D eigenvalue weighted by Gasteiger charge is 2.26. The second kappa shape index (κ2) is 5.72. The summed E-state index contributed by atoms with van der Waals surface area (Å²) >= 11 is 0. The standard InChI is InChI=1S/C18H17FN2O2S/c19-12-5-8-14(9-6-12)24(22,23)21-13-7-10-18-16(11-13)15-3-1-2-4-17(15)20-18/h1-6,8-9,13,20-21H,7,10-11H2/t13-/m1/s1/i1+2,2+2,3+2,4+2,15+2,17+2. The number of aromatic nitrogens is 1. The van der Waals surface area contributed by atoms with E-state index in [0.717, 1.165) is 35.9 Å². The fourth-order valence-corrected chi connectivity index (χ4v) is 4.64. The van der Waals surface area contributed by atoms with Gasteiger partial charge in [0.05, 0.1) is 4.90 Å². The van der Waals surface area contributed by atoms with Crippen molar-refractivity contribution in [3.05, 3.63) is 65.6 Å². The number of hydrogen-bond donors (Lipinski definition) is 2. The number of sulfonamides is 1. The Kier molecular flexibility index (Phi) is 3.66. The molecule has 0 amide bonds. The lowest BCUT2D eigenvalue weighted by Crippen LogP contribution is -2.38. The SMILES string of the molecule is O=S(=O)(N[C@@H]1CCc2[nH][14c]3[14cH][14cH][14cH][14cH][14c]3c2C1)c1ccc(F)cc1. The van der Waals surface area contributed by atoms with Crippen molar-refractivity contribution in [1.82, 2.24) is 9.71 Å². The molecule has 1 aromatic heterocycles. The van der Waals surface area contributed by atoms with Gasteiger partial charge in [-0.3, -0.25) is 0 Å². The predicted octanol–water partition coefficient (Wildman–Crippen LogP) is 3.14. The van der Waals surface area contributed by atoms with Crippen molar-refractivity contribution in [2.45, 2.75) is 30.2 Å². The van der Waals surface area contributed by atoms with Crippen LogP contribution in [0.3, 0.4) is 0 Å². The van der Waals surface area contributed by atoms with Crippen LogP contribution >= 0.6 is 0 Å². The Morgan fingerprint density at radius 3 is 2.75 bits per heavy atom. The lowest BCUT2D eigenvalue weighted by molar-refractivity contribution is 0.506. The van der Waals surface area contributed by atoms with E-state index in [4.69, 9.17) is 0 Å². The number of halogens is 1. The fourth-order valence-electron chi connectivity index (χ4n) is 3.37. The molecule has 0 fully saturated rings. The van der Waals surface area contributed by atoms with Crippen LogP contribution in [-0.4, -0.2) is 19.4 Å². The van der Waals surface area contributed by atoms with E-state index < -0.39 is 15.8 Å². The summed E-state index contributed by atoms with van der Waals surface area (Å²) in [6.45, 7) is 0. The van der Waals surface area contributed by atoms with E-state index in [1.54, 1.807) is 0 Å². The summed E-state index contributed by atoms with van der Waals surface area (Å²) in [6, 6.07) is 12.8. The molecule has 4 nitrogen and oxygen atoms in total. The number of nitrogens with one attached hydrogen (secondary N) is 2. The van der Waals surface area contributed by atoms with Gasteiger partial charge in [0.1, 0.15) is 5.82 Å². The molecule has 124 valence electrons. The molecule has 1 heterocycles. The van der Waals surface area contributed by atoms with Gasteiger partial charge in [-0.2, -0.15) is 0 Å². The van der Waals surface area contributed by atoms with Crippen LogP contribution in [0.1, 0.15) is 17.7 Å². The largest absolute Gasteiger partial charge is 0.358 e. The third-order valence-corrected chi connectivity index (χ3v) is 6.08. The average molecular weight is 356 g/mol. The molecule has 0 aliphatic heterocycles. The number of benzene rings is 2. The van der Waals surface area contributed by atoms with E-state index in [0.29, 0.717) is 6.42 Å². The molecular formula is C18H17FN2O2S. The lowest BCUT2D eigenvalue weighted by Gasteiger charge is -2.23. The fraction of sp³-hybridized carbons (Fsp3) is 0.222. The van der Waals surface area contributed by atoms with E-state index >= 15 is 0 Å². The monoisotopic (exact) mass is 356 g/mol. The molecule has 0 radical (unpaired) electrons. The molecule has 0 saturated carbocycles. The smallest absolute Gasteiger partial charge is 0.240 e. The van der Waals surface area contributed by atoms with Gasteiger partial charge in [-0.05, 0) is 55.2 Å². The van der Waals surface area contributed by atoms with Crippen molar-refractivity contribution in [1.29, 1.82) is 0 Å². The van der Waals surface area contributed by atoms with Crippen LogP contribution in [0.5, 0.6) is 0 Å². The van der Waals surface area contributed by atoms with Gasteiger partial charge in [0.15, 0.2) is 0 Å². The Labute approximate surface area is 139 Å². The van der Waals surface area contributed by atoms with E-state index in [2.05, 4.69) is 15.8 Å². The maximum atomic E-state index is 13.0. The minimum absolute atomic E-state index is 0.0913. The zero-order valence-corrected chi connectivity index (χ0v) is 13.7. The molecule has 24 heavy (non-hydrogen) atoms. The van der Waals surface area contributed by atoms with E-state index in [9.17, 15) is 12.8 Å². The number of rotatable bonds is 3. The first-order valence-electron chi connectivity index (χ1n) is 7.89. The number of fused-ring (bicyclic) bond motifs is 3. The third-order valence-electron chi connectivity index (χ3n) is 4.54. The second-order valence-corrected chi connectivity index (χ2v) is 7.86. The minimum atomic E-state index is -3.64. The van der Waals surface area contributed by atoms with Crippen LogP contribution in [0, 0.1) is 5.82 Å². The van der Waals surface area contributed by atoms with Crippen LogP contribution < -0.4 is 4.72 Å². The van der Waals surface area contributed by atoms with Crippen molar-refractivity contribution in [2.24, 2.45) is 0 Å². The maximum absolute atomic E-state index is 13.0. The number of aryl methyl sites for hydroxylation is 1. The van der Waals surface area contributed by atoms with Crippen LogP contribution in [0.25, 0.3) is 10.9 Å². The summed E-state index contributed by atoms with van der Waals surface area (Å²) in [7, 11) is -3.64. The van der Waals surface area contributed by atoms with E-state index in [1.807, 2.05) is 18.2 Å². The van der Waals surface area contributed by atoms with Crippen molar-refractivity contribution < 1.29 is 12.8 Å². The van der Waals surface area contributed by atoms with Crippen molar-refractivity contribution in [3.8, 4) is 0 Å². The summed E-state index contributed by atoms with van der Waals surface area (Å²) in [6.07, 6.45) is 2.20.